The number of piperidine rings is 1. The molecule has 0 bridgehead atoms. The van der Waals surface area contributed by atoms with Gasteiger partial charge in [0.2, 0.25) is 11.8 Å². The lowest BCUT2D eigenvalue weighted by Crippen LogP contribution is -2.46. The van der Waals surface area contributed by atoms with Crippen LogP contribution in [-0.2, 0) is 20.8 Å². The molecule has 2 fully saturated rings. The normalized spacial score (nSPS) is 22.5. The Labute approximate surface area is 208 Å². The van der Waals surface area contributed by atoms with Gasteiger partial charge in [-0.3, -0.25) is 14.4 Å². The van der Waals surface area contributed by atoms with Gasteiger partial charge in [0.25, 0.3) is 0 Å². The fourth-order valence-electron chi connectivity index (χ4n) is 5.75. The molecule has 0 aliphatic carbocycles. The van der Waals surface area contributed by atoms with Crippen molar-refractivity contribution >= 4 is 28.4 Å². The van der Waals surface area contributed by atoms with Crippen molar-refractivity contribution in [3.8, 4) is 5.75 Å². The van der Waals surface area contributed by atoms with Crippen LogP contribution >= 0.6 is 0 Å². The number of methoxy groups -OCH3 is 1. The lowest BCUT2D eigenvalue weighted by molar-refractivity contribution is -0.136. The van der Waals surface area contributed by atoms with Gasteiger partial charge in [0.1, 0.15) is 11.5 Å². The molecule has 0 saturated carbocycles. The second-order valence-electron chi connectivity index (χ2n) is 10.7. The molecular formula is C29H38N2O4. The van der Waals surface area contributed by atoms with Crippen molar-refractivity contribution in [3.63, 3.8) is 0 Å². The van der Waals surface area contributed by atoms with E-state index in [1.54, 1.807) is 7.11 Å². The quantitative estimate of drug-likeness (QED) is 0.568. The van der Waals surface area contributed by atoms with Gasteiger partial charge in [-0.25, -0.2) is 0 Å². The van der Waals surface area contributed by atoms with E-state index in [-0.39, 0.29) is 23.5 Å². The number of hydrogen-bond acceptors (Lipinski definition) is 4. The van der Waals surface area contributed by atoms with E-state index in [0.29, 0.717) is 51.1 Å². The first-order valence-electron chi connectivity index (χ1n) is 13.0. The van der Waals surface area contributed by atoms with Gasteiger partial charge in [0, 0.05) is 49.2 Å². The lowest BCUT2D eigenvalue weighted by atomic mass is 9.83. The van der Waals surface area contributed by atoms with Crippen molar-refractivity contribution in [2.24, 2.45) is 11.8 Å². The first-order valence-corrected chi connectivity index (χ1v) is 13.0. The van der Waals surface area contributed by atoms with Crippen LogP contribution in [-0.4, -0.2) is 48.2 Å². The van der Waals surface area contributed by atoms with E-state index < -0.39 is 5.54 Å². The average Bonchev–Trinajstić information content (AvgIpc) is 3.23. The zero-order valence-electron chi connectivity index (χ0n) is 21.3. The van der Waals surface area contributed by atoms with Crippen LogP contribution in [0.1, 0.15) is 64.4 Å². The molecule has 4 rings (SSSR count). The minimum absolute atomic E-state index is 0.0408. The van der Waals surface area contributed by atoms with Crippen molar-refractivity contribution in [2.45, 2.75) is 70.8 Å². The number of ketones is 1. The predicted molar refractivity (Wildman–Crippen MR) is 137 cm³/mol. The van der Waals surface area contributed by atoms with Crippen LogP contribution in [0.5, 0.6) is 5.75 Å². The van der Waals surface area contributed by atoms with Crippen LogP contribution in [0.15, 0.2) is 36.4 Å². The highest BCUT2D eigenvalue weighted by Gasteiger charge is 2.39. The topological polar surface area (TPSA) is 75.7 Å². The summed E-state index contributed by atoms with van der Waals surface area (Å²) in [4.78, 5) is 40.0. The fourth-order valence-corrected chi connectivity index (χ4v) is 5.75. The van der Waals surface area contributed by atoms with Gasteiger partial charge in [0.05, 0.1) is 7.11 Å². The molecule has 6 heteroatoms. The molecule has 2 aromatic carbocycles. The minimum Gasteiger partial charge on any atom is -0.496 e. The van der Waals surface area contributed by atoms with E-state index in [1.165, 1.54) is 0 Å². The third kappa shape index (κ3) is 5.85. The maximum atomic E-state index is 13.2. The third-order valence-electron chi connectivity index (χ3n) is 7.61. The molecule has 2 heterocycles. The van der Waals surface area contributed by atoms with Crippen LogP contribution in [0.4, 0.5) is 0 Å². The number of Topliss-reactive ketones (excluding diaryl/α,β-unsaturated/α-hetero) is 1. The van der Waals surface area contributed by atoms with Gasteiger partial charge < -0.3 is 15.0 Å². The maximum Gasteiger partial charge on any atom is 0.222 e. The molecule has 2 aromatic rings. The van der Waals surface area contributed by atoms with Crippen molar-refractivity contribution in [3.05, 3.63) is 42.0 Å². The fraction of sp³-hybridized carbons (Fsp3) is 0.552. The van der Waals surface area contributed by atoms with Crippen LogP contribution < -0.4 is 10.1 Å². The molecule has 6 nitrogen and oxygen atoms in total. The van der Waals surface area contributed by atoms with Crippen LogP contribution in [0, 0.1) is 11.8 Å². The SMILES string of the molecule is COc1ccc(C[C@]2(CCC(=O)N3CCC[C@@H](C(=O)CC(C)C)C3)CCC(=O)N2)c2ccccc12. The smallest absolute Gasteiger partial charge is 0.222 e. The number of carbonyl (C=O) groups is 3. The molecule has 2 atom stereocenters. The zero-order valence-corrected chi connectivity index (χ0v) is 21.3. The molecule has 2 saturated heterocycles. The Hall–Kier alpha value is -2.89. The first kappa shape index (κ1) is 25.2. The summed E-state index contributed by atoms with van der Waals surface area (Å²) in [6.07, 6.45) is 5.18. The number of fused-ring (bicyclic) bond motifs is 1. The highest BCUT2D eigenvalue weighted by Crippen LogP contribution is 2.35. The summed E-state index contributed by atoms with van der Waals surface area (Å²) in [5.74, 6) is 1.55. The molecule has 0 spiro atoms. The summed E-state index contributed by atoms with van der Waals surface area (Å²) in [6.45, 7) is 5.37. The van der Waals surface area contributed by atoms with Crippen molar-refractivity contribution in [1.82, 2.24) is 10.2 Å². The second-order valence-corrected chi connectivity index (χ2v) is 10.7. The molecule has 0 aromatic heterocycles. The van der Waals surface area contributed by atoms with Gasteiger partial charge in [-0.15, -0.1) is 0 Å². The summed E-state index contributed by atoms with van der Waals surface area (Å²) in [5.41, 5.74) is 0.709. The summed E-state index contributed by atoms with van der Waals surface area (Å²) in [6, 6.07) is 12.2. The van der Waals surface area contributed by atoms with E-state index in [2.05, 4.69) is 37.4 Å². The number of hydrogen-bond donors (Lipinski definition) is 1. The third-order valence-corrected chi connectivity index (χ3v) is 7.61. The number of amides is 2. The standard InChI is InChI=1S/C29H38N2O4/c1-20(2)17-25(32)22-7-6-16-31(19-22)28(34)13-15-29(14-12-27(33)30-29)18-21-10-11-26(35-3)24-9-5-4-8-23(21)24/h4-5,8-11,20,22H,6-7,12-19H2,1-3H3,(H,30,33)/t22-,29-/m1/s1. The van der Waals surface area contributed by atoms with Gasteiger partial charge in [-0.1, -0.05) is 44.2 Å². The summed E-state index contributed by atoms with van der Waals surface area (Å²) in [7, 11) is 1.67. The van der Waals surface area contributed by atoms with E-state index in [4.69, 9.17) is 4.74 Å². The number of carbonyl (C=O) groups excluding carboxylic acids is 3. The molecule has 2 aliphatic rings. The zero-order chi connectivity index (χ0) is 25.0. The van der Waals surface area contributed by atoms with Gasteiger partial charge in [0.15, 0.2) is 0 Å². The maximum absolute atomic E-state index is 13.2. The van der Waals surface area contributed by atoms with Gasteiger partial charge >= 0.3 is 0 Å². The molecule has 188 valence electrons. The Morgan fingerprint density at radius 1 is 1.17 bits per heavy atom. The first-order chi connectivity index (χ1) is 16.8. The van der Waals surface area contributed by atoms with Crippen LogP contribution in [0.25, 0.3) is 10.8 Å². The van der Waals surface area contributed by atoms with Gasteiger partial charge in [-0.2, -0.15) is 0 Å². The molecule has 1 N–H and O–H groups in total. The minimum atomic E-state index is -0.438. The second kappa shape index (κ2) is 10.8. The molecule has 2 aliphatic heterocycles. The van der Waals surface area contributed by atoms with Crippen molar-refractivity contribution < 1.29 is 19.1 Å². The monoisotopic (exact) mass is 478 g/mol. The Morgan fingerprint density at radius 2 is 1.94 bits per heavy atom. The molecule has 0 radical (unpaired) electrons. The predicted octanol–water partition coefficient (Wildman–Crippen LogP) is 4.67. The van der Waals surface area contributed by atoms with Gasteiger partial charge in [-0.05, 0) is 55.0 Å². The largest absolute Gasteiger partial charge is 0.496 e. The van der Waals surface area contributed by atoms with Crippen molar-refractivity contribution in [1.29, 1.82) is 0 Å². The number of rotatable bonds is 9. The van der Waals surface area contributed by atoms with E-state index in [1.807, 2.05) is 23.1 Å². The Bertz CT molecular complexity index is 1100. The van der Waals surface area contributed by atoms with Crippen LogP contribution in [0.2, 0.25) is 0 Å². The highest BCUT2D eigenvalue weighted by atomic mass is 16.5. The summed E-state index contributed by atoms with van der Waals surface area (Å²) < 4.78 is 5.54. The summed E-state index contributed by atoms with van der Waals surface area (Å²) in [5, 5.41) is 5.38. The highest BCUT2D eigenvalue weighted by molar-refractivity contribution is 5.91. The van der Waals surface area contributed by atoms with Crippen LogP contribution in [0.3, 0.4) is 0 Å². The average molecular weight is 479 g/mol. The summed E-state index contributed by atoms with van der Waals surface area (Å²) >= 11 is 0. The number of nitrogens with zero attached hydrogens (tertiary/aromatic N) is 1. The Kier molecular flexibility index (Phi) is 7.78. The van der Waals surface area contributed by atoms with E-state index in [9.17, 15) is 14.4 Å². The number of benzene rings is 2. The van der Waals surface area contributed by atoms with Crippen molar-refractivity contribution in [2.75, 3.05) is 20.2 Å². The Morgan fingerprint density at radius 3 is 2.63 bits per heavy atom. The van der Waals surface area contributed by atoms with E-state index >= 15 is 0 Å². The number of nitrogens with one attached hydrogen (secondary N) is 1. The molecule has 35 heavy (non-hydrogen) atoms. The molecule has 2 amide bonds. The lowest BCUT2D eigenvalue weighted by Gasteiger charge is -2.34. The Balaban J connectivity index is 1.46. The molecular weight excluding hydrogens is 440 g/mol. The number of ether oxygens (including phenoxy) is 1. The number of likely N-dealkylation sites (tertiary alicyclic amines) is 1. The molecule has 0 unspecified atom stereocenters. The van der Waals surface area contributed by atoms with E-state index in [0.717, 1.165) is 41.3 Å².